The van der Waals surface area contributed by atoms with Crippen molar-refractivity contribution < 1.29 is 13.2 Å². The fourth-order valence-corrected chi connectivity index (χ4v) is 5.57. The van der Waals surface area contributed by atoms with E-state index in [1.165, 1.54) is 38.2 Å². The molecule has 2 nitrogen and oxygen atoms in total. The van der Waals surface area contributed by atoms with Gasteiger partial charge in [0.2, 0.25) is 0 Å². The molecule has 5 heteroatoms. The number of anilines is 1. The molecule has 1 N–H and O–H groups in total. The van der Waals surface area contributed by atoms with Crippen molar-refractivity contribution in [3.8, 4) is 0 Å². The summed E-state index contributed by atoms with van der Waals surface area (Å²) in [7, 11) is 0. The number of nitrogens with one attached hydrogen (secondary N) is 1. The lowest BCUT2D eigenvalue weighted by Gasteiger charge is -2.54. The van der Waals surface area contributed by atoms with Gasteiger partial charge in [-0.15, -0.1) is 0 Å². The minimum absolute atomic E-state index is 0.337. The second kappa shape index (κ2) is 5.67. The lowest BCUT2D eigenvalue weighted by atomic mass is 9.51. The van der Waals surface area contributed by atoms with E-state index >= 15 is 0 Å². The van der Waals surface area contributed by atoms with E-state index in [1.54, 1.807) is 6.07 Å². The van der Waals surface area contributed by atoms with Crippen LogP contribution >= 0.6 is 0 Å². The van der Waals surface area contributed by atoms with Crippen molar-refractivity contribution in [2.75, 3.05) is 11.9 Å². The van der Waals surface area contributed by atoms with Crippen molar-refractivity contribution in [3.63, 3.8) is 0 Å². The molecule has 1 aromatic rings. The van der Waals surface area contributed by atoms with Crippen LogP contribution in [0, 0.1) is 29.6 Å². The average molecular weight is 324 g/mol. The molecule has 5 rings (SSSR count). The standard InChI is InChI=1S/C18H23F3N2/c19-18(20,21)16-2-1-3-17(23-16)22-5-4-15-13-7-11-6-12(9-13)10-14(15)8-11/h1-3,11-15H,4-10H2,(H,22,23). The summed E-state index contributed by atoms with van der Waals surface area (Å²) >= 11 is 0. The van der Waals surface area contributed by atoms with Gasteiger partial charge in [0.1, 0.15) is 11.5 Å². The van der Waals surface area contributed by atoms with E-state index in [0.29, 0.717) is 5.82 Å². The van der Waals surface area contributed by atoms with Gasteiger partial charge in [-0.2, -0.15) is 13.2 Å². The normalized spacial score (nSPS) is 35.5. The lowest BCUT2D eigenvalue weighted by molar-refractivity contribution is -0.141. The van der Waals surface area contributed by atoms with Gasteiger partial charge in [-0.1, -0.05) is 6.07 Å². The van der Waals surface area contributed by atoms with Crippen LogP contribution in [0.2, 0.25) is 0 Å². The summed E-state index contributed by atoms with van der Waals surface area (Å²) in [6.07, 6.45) is 3.69. The van der Waals surface area contributed by atoms with E-state index in [2.05, 4.69) is 10.3 Å². The van der Waals surface area contributed by atoms with Gasteiger partial charge < -0.3 is 5.32 Å². The highest BCUT2D eigenvalue weighted by molar-refractivity contribution is 5.35. The maximum atomic E-state index is 12.7. The van der Waals surface area contributed by atoms with Gasteiger partial charge in [0, 0.05) is 6.54 Å². The maximum absolute atomic E-state index is 12.7. The molecule has 0 aliphatic heterocycles. The quantitative estimate of drug-likeness (QED) is 0.845. The van der Waals surface area contributed by atoms with Crippen LogP contribution in [0.3, 0.4) is 0 Å². The van der Waals surface area contributed by atoms with Crippen LogP contribution in [0.1, 0.15) is 44.2 Å². The third kappa shape index (κ3) is 3.07. The highest BCUT2D eigenvalue weighted by atomic mass is 19.4. The summed E-state index contributed by atoms with van der Waals surface area (Å²) in [6, 6.07) is 4.05. The monoisotopic (exact) mass is 324 g/mol. The Morgan fingerprint density at radius 3 is 2.26 bits per heavy atom. The Hall–Kier alpha value is -1.26. The largest absolute Gasteiger partial charge is 0.433 e. The van der Waals surface area contributed by atoms with E-state index in [9.17, 15) is 13.2 Å². The summed E-state index contributed by atoms with van der Waals surface area (Å²) < 4.78 is 38.1. The fourth-order valence-electron chi connectivity index (χ4n) is 5.57. The molecule has 4 aliphatic rings. The zero-order chi connectivity index (χ0) is 16.0. The minimum atomic E-state index is -4.38. The predicted octanol–water partition coefficient (Wildman–Crippen LogP) is 4.97. The Morgan fingerprint density at radius 1 is 1.00 bits per heavy atom. The zero-order valence-electron chi connectivity index (χ0n) is 13.1. The maximum Gasteiger partial charge on any atom is 0.433 e. The molecule has 0 saturated heterocycles. The molecule has 1 heterocycles. The van der Waals surface area contributed by atoms with E-state index < -0.39 is 11.9 Å². The molecule has 0 amide bonds. The van der Waals surface area contributed by atoms with Crippen molar-refractivity contribution >= 4 is 5.82 Å². The number of aromatic nitrogens is 1. The second-order valence-electron chi connectivity index (χ2n) is 7.72. The molecule has 4 fully saturated rings. The van der Waals surface area contributed by atoms with E-state index in [0.717, 1.165) is 48.6 Å². The summed E-state index contributed by atoms with van der Waals surface area (Å²) in [5.74, 6) is 4.76. The van der Waals surface area contributed by atoms with Crippen LogP contribution in [0.25, 0.3) is 0 Å². The van der Waals surface area contributed by atoms with Crippen molar-refractivity contribution in [1.82, 2.24) is 4.98 Å². The van der Waals surface area contributed by atoms with Gasteiger partial charge in [0.05, 0.1) is 0 Å². The number of nitrogens with zero attached hydrogens (tertiary/aromatic N) is 1. The minimum Gasteiger partial charge on any atom is -0.370 e. The third-order valence-corrected chi connectivity index (χ3v) is 6.25. The van der Waals surface area contributed by atoms with Gasteiger partial charge in [-0.25, -0.2) is 4.98 Å². The summed E-state index contributed by atoms with van der Waals surface area (Å²) in [5.41, 5.74) is -0.822. The van der Waals surface area contributed by atoms with Gasteiger partial charge in [-0.3, -0.25) is 0 Å². The first-order chi connectivity index (χ1) is 11.0. The highest BCUT2D eigenvalue weighted by Gasteiger charge is 2.47. The molecule has 0 radical (unpaired) electrons. The fraction of sp³-hybridized carbons (Fsp3) is 0.722. The molecule has 4 saturated carbocycles. The average Bonchev–Trinajstić information content (AvgIpc) is 2.49. The molecule has 126 valence electrons. The van der Waals surface area contributed by atoms with Crippen LogP contribution in [-0.2, 0) is 6.18 Å². The number of halogens is 3. The van der Waals surface area contributed by atoms with Crippen molar-refractivity contribution in [1.29, 1.82) is 0 Å². The number of alkyl halides is 3. The Kier molecular flexibility index (Phi) is 3.77. The van der Waals surface area contributed by atoms with Crippen LogP contribution in [0.5, 0.6) is 0 Å². The number of rotatable bonds is 4. The van der Waals surface area contributed by atoms with Crippen molar-refractivity contribution in [3.05, 3.63) is 23.9 Å². The van der Waals surface area contributed by atoms with Gasteiger partial charge >= 0.3 is 6.18 Å². The number of hydrogen-bond donors (Lipinski definition) is 1. The Balaban J connectivity index is 1.34. The highest BCUT2D eigenvalue weighted by Crippen LogP contribution is 2.57. The van der Waals surface area contributed by atoms with Crippen molar-refractivity contribution in [2.24, 2.45) is 29.6 Å². The zero-order valence-corrected chi connectivity index (χ0v) is 13.1. The molecule has 23 heavy (non-hydrogen) atoms. The topological polar surface area (TPSA) is 24.9 Å². The number of pyridine rings is 1. The first-order valence-electron chi connectivity index (χ1n) is 8.77. The number of hydrogen-bond acceptors (Lipinski definition) is 2. The summed E-state index contributed by atoms with van der Waals surface area (Å²) in [6.45, 7) is 0.724. The lowest BCUT2D eigenvalue weighted by Crippen LogP contribution is -2.45. The molecule has 0 spiro atoms. The molecule has 0 aromatic carbocycles. The van der Waals surface area contributed by atoms with Crippen molar-refractivity contribution in [2.45, 2.75) is 44.7 Å². The Bertz CT molecular complexity index is 542. The molecule has 0 unspecified atom stereocenters. The Morgan fingerprint density at radius 2 is 1.65 bits per heavy atom. The first kappa shape index (κ1) is 15.3. The summed E-state index contributed by atoms with van der Waals surface area (Å²) in [4.78, 5) is 3.68. The van der Waals surface area contributed by atoms with Crippen LogP contribution in [0.15, 0.2) is 18.2 Å². The van der Waals surface area contributed by atoms with E-state index in [1.807, 2.05) is 0 Å². The molecule has 0 atom stereocenters. The molecular formula is C18H23F3N2. The van der Waals surface area contributed by atoms with Crippen LogP contribution in [-0.4, -0.2) is 11.5 Å². The Labute approximate surface area is 134 Å². The van der Waals surface area contributed by atoms with E-state index in [4.69, 9.17) is 0 Å². The smallest absolute Gasteiger partial charge is 0.370 e. The van der Waals surface area contributed by atoms with Gasteiger partial charge in [-0.05, 0) is 80.2 Å². The second-order valence-corrected chi connectivity index (χ2v) is 7.72. The third-order valence-electron chi connectivity index (χ3n) is 6.25. The molecule has 4 bridgehead atoms. The SMILES string of the molecule is FC(F)(F)c1cccc(NCCC2C3CC4CC(C3)CC2C4)n1. The van der Waals surface area contributed by atoms with Gasteiger partial charge in [0.25, 0.3) is 0 Å². The molecular weight excluding hydrogens is 301 g/mol. The summed E-state index contributed by atoms with van der Waals surface area (Å²) in [5, 5.41) is 3.11. The van der Waals surface area contributed by atoms with Gasteiger partial charge in [0.15, 0.2) is 0 Å². The first-order valence-corrected chi connectivity index (χ1v) is 8.77. The molecule has 4 aliphatic carbocycles. The predicted molar refractivity (Wildman–Crippen MR) is 82.9 cm³/mol. The van der Waals surface area contributed by atoms with E-state index in [-0.39, 0.29) is 0 Å². The van der Waals surface area contributed by atoms with Crippen LogP contribution < -0.4 is 5.32 Å². The molecule has 1 aromatic heterocycles. The van der Waals surface area contributed by atoms with Crippen LogP contribution in [0.4, 0.5) is 19.0 Å².